The Labute approximate surface area is 170 Å². The summed E-state index contributed by atoms with van der Waals surface area (Å²) in [5, 5.41) is 21.9. The average Bonchev–Trinajstić information content (AvgIpc) is 3.07. The van der Waals surface area contributed by atoms with Gasteiger partial charge in [0.2, 0.25) is 5.91 Å². The molecule has 1 aromatic heterocycles. The normalized spacial score (nSPS) is 10.8. The van der Waals surface area contributed by atoms with Crippen LogP contribution < -0.4 is 5.32 Å². The van der Waals surface area contributed by atoms with Crippen LogP contribution in [0.4, 0.5) is 5.69 Å². The van der Waals surface area contributed by atoms with E-state index in [4.69, 9.17) is 23.2 Å². The van der Waals surface area contributed by atoms with Gasteiger partial charge in [-0.3, -0.25) is 4.79 Å². The standard InChI is InChI=1S/C18H16Cl2N4O2S/c1-2-24-17(11-6-8-12(25)9-7-11)22-23-18(24)27-10-15(26)21-14-5-3-4-13(19)16(14)20/h3-9,25H,2,10H2,1H3,(H,21,26). The summed E-state index contributed by atoms with van der Waals surface area (Å²) in [5.41, 5.74) is 1.31. The van der Waals surface area contributed by atoms with Crippen LogP contribution in [0.3, 0.4) is 0 Å². The zero-order valence-electron chi connectivity index (χ0n) is 14.3. The first-order valence-corrected chi connectivity index (χ1v) is 9.83. The Kier molecular flexibility index (Phi) is 6.26. The summed E-state index contributed by atoms with van der Waals surface area (Å²) in [4.78, 5) is 12.2. The second kappa shape index (κ2) is 8.65. The lowest BCUT2D eigenvalue weighted by molar-refractivity contribution is -0.113. The van der Waals surface area contributed by atoms with Crippen molar-refractivity contribution in [3.8, 4) is 17.1 Å². The molecule has 0 bridgehead atoms. The van der Waals surface area contributed by atoms with E-state index in [0.29, 0.717) is 33.3 Å². The summed E-state index contributed by atoms with van der Waals surface area (Å²) in [5.74, 6) is 0.794. The molecule has 27 heavy (non-hydrogen) atoms. The van der Waals surface area contributed by atoms with E-state index >= 15 is 0 Å². The Morgan fingerprint density at radius 2 is 1.93 bits per heavy atom. The minimum Gasteiger partial charge on any atom is -0.508 e. The van der Waals surface area contributed by atoms with Gasteiger partial charge in [-0.15, -0.1) is 10.2 Å². The van der Waals surface area contributed by atoms with Crippen LogP contribution in [0.15, 0.2) is 47.6 Å². The molecule has 0 fully saturated rings. The van der Waals surface area contributed by atoms with Gasteiger partial charge in [0.1, 0.15) is 5.75 Å². The summed E-state index contributed by atoms with van der Waals surface area (Å²) in [6.07, 6.45) is 0. The number of carbonyl (C=O) groups is 1. The number of anilines is 1. The Balaban J connectivity index is 1.70. The average molecular weight is 423 g/mol. The van der Waals surface area contributed by atoms with Gasteiger partial charge in [0.15, 0.2) is 11.0 Å². The number of thioether (sulfide) groups is 1. The number of aromatic hydroxyl groups is 1. The summed E-state index contributed by atoms with van der Waals surface area (Å²) < 4.78 is 1.91. The van der Waals surface area contributed by atoms with Crippen LogP contribution in [0.25, 0.3) is 11.4 Å². The quantitative estimate of drug-likeness (QED) is 0.562. The number of rotatable bonds is 6. The van der Waals surface area contributed by atoms with Gasteiger partial charge in [-0.1, -0.05) is 41.0 Å². The molecule has 0 spiro atoms. The number of aromatic nitrogens is 3. The van der Waals surface area contributed by atoms with Gasteiger partial charge < -0.3 is 15.0 Å². The second-order valence-corrected chi connectivity index (χ2v) is 7.26. The number of benzene rings is 2. The Morgan fingerprint density at radius 3 is 2.63 bits per heavy atom. The van der Waals surface area contributed by atoms with Crippen molar-refractivity contribution in [2.24, 2.45) is 0 Å². The molecule has 2 N–H and O–H groups in total. The van der Waals surface area contributed by atoms with Crippen molar-refractivity contribution < 1.29 is 9.90 Å². The van der Waals surface area contributed by atoms with Crippen LogP contribution >= 0.6 is 35.0 Å². The van der Waals surface area contributed by atoms with E-state index in [1.807, 2.05) is 11.5 Å². The molecule has 3 rings (SSSR count). The molecule has 6 nitrogen and oxygen atoms in total. The number of hydrogen-bond acceptors (Lipinski definition) is 5. The van der Waals surface area contributed by atoms with Gasteiger partial charge in [-0.2, -0.15) is 0 Å². The van der Waals surface area contributed by atoms with E-state index in [-0.39, 0.29) is 17.4 Å². The SMILES string of the molecule is CCn1c(SCC(=O)Nc2cccc(Cl)c2Cl)nnc1-c1ccc(O)cc1. The molecule has 0 saturated heterocycles. The molecule has 3 aromatic rings. The van der Waals surface area contributed by atoms with Crippen molar-refractivity contribution in [2.45, 2.75) is 18.6 Å². The maximum atomic E-state index is 12.2. The molecule has 0 aliphatic rings. The van der Waals surface area contributed by atoms with Crippen molar-refractivity contribution in [1.82, 2.24) is 14.8 Å². The maximum Gasteiger partial charge on any atom is 0.234 e. The Hall–Kier alpha value is -2.22. The molecule has 1 heterocycles. The van der Waals surface area contributed by atoms with Crippen molar-refractivity contribution >= 4 is 46.6 Å². The van der Waals surface area contributed by atoms with E-state index in [2.05, 4.69) is 15.5 Å². The van der Waals surface area contributed by atoms with E-state index in [9.17, 15) is 9.90 Å². The van der Waals surface area contributed by atoms with Crippen molar-refractivity contribution in [2.75, 3.05) is 11.1 Å². The first kappa shape index (κ1) is 19.5. The predicted molar refractivity (Wildman–Crippen MR) is 109 cm³/mol. The van der Waals surface area contributed by atoms with Crippen LogP contribution in [-0.4, -0.2) is 31.5 Å². The smallest absolute Gasteiger partial charge is 0.234 e. The molecular formula is C18H16Cl2N4O2S. The third-order valence-electron chi connectivity index (χ3n) is 3.72. The van der Waals surface area contributed by atoms with Crippen LogP contribution in [0.1, 0.15) is 6.92 Å². The highest BCUT2D eigenvalue weighted by Gasteiger charge is 2.15. The van der Waals surface area contributed by atoms with Gasteiger partial charge in [0.05, 0.1) is 21.5 Å². The molecule has 1 amide bonds. The Bertz CT molecular complexity index is 960. The number of hydrogen-bond donors (Lipinski definition) is 2. The highest BCUT2D eigenvalue weighted by atomic mass is 35.5. The summed E-state index contributed by atoms with van der Waals surface area (Å²) >= 11 is 13.3. The number of phenols is 1. The molecule has 0 aliphatic heterocycles. The summed E-state index contributed by atoms with van der Waals surface area (Å²) in [6.45, 7) is 2.62. The fourth-order valence-corrected chi connectivity index (χ4v) is 3.57. The number of phenolic OH excluding ortho intramolecular Hbond substituents is 1. The highest BCUT2D eigenvalue weighted by Crippen LogP contribution is 2.30. The van der Waals surface area contributed by atoms with E-state index in [0.717, 1.165) is 5.56 Å². The number of amides is 1. The van der Waals surface area contributed by atoms with Crippen molar-refractivity contribution in [3.05, 3.63) is 52.5 Å². The number of halogens is 2. The molecule has 0 radical (unpaired) electrons. The fraction of sp³-hybridized carbons (Fsp3) is 0.167. The largest absolute Gasteiger partial charge is 0.508 e. The molecule has 0 unspecified atom stereocenters. The van der Waals surface area contributed by atoms with Gasteiger partial charge in [-0.25, -0.2) is 0 Å². The van der Waals surface area contributed by atoms with Crippen molar-refractivity contribution in [1.29, 1.82) is 0 Å². The number of nitrogens with zero attached hydrogens (tertiary/aromatic N) is 3. The van der Waals surface area contributed by atoms with Crippen LogP contribution in [0.2, 0.25) is 10.0 Å². The van der Waals surface area contributed by atoms with Crippen LogP contribution in [0.5, 0.6) is 5.75 Å². The molecule has 2 aromatic carbocycles. The molecule has 0 saturated carbocycles. The summed E-state index contributed by atoms with van der Waals surface area (Å²) in [7, 11) is 0. The molecule has 0 atom stereocenters. The predicted octanol–water partition coefficient (Wildman–Crippen LogP) is 4.71. The van der Waals surface area contributed by atoms with Gasteiger partial charge in [0.25, 0.3) is 0 Å². The van der Waals surface area contributed by atoms with Crippen molar-refractivity contribution in [3.63, 3.8) is 0 Å². The molecule has 140 valence electrons. The molecular weight excluding hydrogens is 407 g/mol. The van der Waals surface area contributed by atoms with Gasteiger partial charge >= 0.3 is 0 Å². The number of carbonyl (C=O) groups excluding carboxylic acids is 1. The van der Waals surface area contributed by atoms with Crippen LogP contribution in [0, 0.1) is 0 Å². The third kappa shape index (κ3) is 4.55. The third-order valence-corrected chi connectivity index (χ3v) is 5.50. The monoisotopic (exact) mass is 422 g/mol. The van der Waals surface area contributed by atoms with E-state index < -0.39 is 0 Å². The fourth-order valence-electron chi connectivity index (χ4n) is 2.42. The zero-order chi connectivity index (χ0) is 19.4. The highest BCUT2D eigenvalue weighted by molar-refractivity contribution is 7.99. The lowest BCUT2D eigenvalue weighted by atomic mass is 10.2. The van der Waals surface area contributed by atoms with Gasteiger partial charge in [-0.05, 0) is 43.3 Å². The van der Waals surface area contributed by atoms with Gasteiger partial charge in [0, 0.05) is 12.1 Å². The minimum absolute atomic E-state index is 0.149. The molecule has 9 heteroatoms. The molecule has 0 aliphatic carbocycles. The first-order chi connectivity index (χ1) is 13.0. The Morgan fingerprint density at radius 1 is 1.19 bits per heavy atom. The minimum atomic E-state index is -0.221. The van der Waals surface area contributed by atoms with Crippen LogP contribution in [-0.2, 0) is 11.3 Å². The maximum absolute atomic E-state index is 12.2. The lowest BCUT2D eigenvalue weighted by Gasteiger charge is -2.09. The number of nitrogens with one attached hydrogen (secondary N) is 1. The second-order valence-electron chi connectivity index (χ2n) is 5.54. The van der Waals surface area contributed by atoms with E-state index in [1.165, 1.54) is 11.8 Å². The summed E-state index contributed by atoms with van der Waals surface area (Å²) in [6, 6.07) is 11.8. The lowest BCUT2D eigenvalue weighted by Crippen LogP contribution is -2.15. The zero-order valence-corrected chi connectivity index (χ0v) is 16.6. The first-order valence-electron chi connectivity index (χ1n) is 8.09. The topological polar surface area (TPSA) is 80.0 Å². The van der Waals surface area contributed by atoms with E-state index in [1.54, 1.807) is 42.5 Å².